The Morgan fingerprint density at radius 1 is 0.833 bits per heavy atom. The van der Waals surface area contributed by atoms with E-state index in [1.54, 1.807) is 0 Å². The van der Waals surface area contributed by atoms with Crippen LogP contribution in [0.25, 0.3) is 0 Å². The Balaban J connectivity index is 0. The van der Waals surface area contributed by atoms with Crippen molar-refractivity contribution in [1.82, 2.24) is 0 Å². The fourth-order valence-corrected chi connectivity index (χ4v) is 2.75. The molecule has 0 spiro atoms. The van der Waals surface area contributed by atoms with Crippen LogP contribution in [-0.4, -0.2) is 64.6 Å². The molecule has 0 atom stereocenters. The van der Waals surface area contributed by atoms with Gasteiger partial charge in [-0.25, -0.2) is 0 Å². The molecule has 0 aliphatic carbocycles. The van der Waals surface area contributed by atoms with Crippen LogP contribution < -0.4 is 0 Å². The van der Waals surface area contributed by atoms with Gasteiger partial charge in [-0.2, -0.15) is 0 Å². The Hall–Kier alpha value is 1.13. The zero-order valence-electron chi connectivity index (χ0n) is 14.7. The van der Waals surface area contributed by atoms with Crippen LogP contribution in [0.2, 0.25) is 0 Å². The van der Waals surface area contributed by atoms with Gasteiger partial charge in [-0.3, -0.25) is 4.79 Å². The van der Waals surface area contributed by atoms with E-state index < -0.39 is 14.6 Å². The monoisotopic (exact) mass is 486 g/mol. The number of hydrogen-bond donors (Lipinski definition) is 2. The van der Waals surface area contributed by atoms with Gasteiger partial charge in [-0.1, -0.05) is 70.4 Å². The van der Waals surface area contributed by atoms with Gasteiger partial charge in [0.2, 0.25) is 0 Å². The molecule has 0 radical (unpaired) electrons. The molecular weight excluding hydrogens is 448 g/mol. The normalized spacial score (nSPS) is 11.0. The van der Waals surface area contributed by atoms with Gasteiger partial charge < -0.3 is 14.3 Å². The van der Waals surface area contributed by atoms with Gasteiger partial charge >= 0.3 is 63.5 Å². The molecule has 0 rings (SSSR count). The summed E-state index contributed by atoms with van der Waals surface area (Å²) in [5, 5.41) is 0. The second-order valence-corrected chi connectivity index (χ2v) is 6.74. The van der Waals surface area contributed by atoms with Gasteiger partial charge in [0.15, 0.2) is 0 Å². The van der Waals surface area contributed by atoms with Gasteiger partial charge in [-0.05, 0) is 32.1 Å². The van der Waals surface area contributed by atoms with E-state index in [0.717, 1.165) is 25.7 Å². The summed E-state index contributed by atoms with van der Waals surface area (Å²) in [6.07, 6.45) is 20.7. The van der Waals surface area contributed by atoms with E-state index in [9.17, 15) is 4.79 Å². The Morgan fingerprint density at radius 3 is 1.79 bits per heavy atom. The van der Waals surface area contributed by atoms with Gasteiger partial charge in [0.05, 0.1) is 0 Å². The van der Waals surface area contributed by atoms with Crippen molar-refractivity contribution in [3.05, 3.63) is 12.2 Å². The Kier molecular flexibility index (Phi) is 25.3. The molecule has 0 aromatic rings. The average molecular weight is 486 g/mol. The summed E-state index contributed by atoms with van der Waals surface area (Å²) in [6, 6.07) is 0. The topological polar surface area (TPSA) is 66.8 Å². The summed E-state index contributed by atoms with van der Waals surface area (Å²) < 4.78 is 4.30. The fraction of sp³-hybridized carbons (Fsp3) is 0.833. The van der Waals surface area contributed by atoms with Gasteiger partial charge in [0.25, 0.3) is 0 Å². The molecule has 0 amide bonds. The number of allylic oxidation sites excluding steroid dienone is 2. The van der Waals surface area contributed by atoms with Crippen molar-refractivity contribution in [2.24, 2.45) is 0 Å². The van der Waals surface area contributed by atoms with Crippen molar-refractivity contribution >= 4 is 63.5 Å². The molecule has 0 aromatic heterocycles. The quantitative estimate of drug-likeness (QED) is 0.142. The number of rotatable bonds is 16. The van der Waals surface area contributed by atoms with Gasteiger partial charge in [0.1, 0.15) is 0 Å². The molecule has 0 aliphatic rings. The summed E-state index contributed by atoms with van der Waals surface area (Å²) in [7, 11) is -2.54. The number of carbonyl (C=O) groups is 1. The zero-order chi connectivity index (χ0) is 17.2. The van der Waals surface area contributed by atoms with Crippen molar-refractivity contribution in [3.8, 4) is 0 Å². The number of carbonyl (C=O) groups excluding carboxylic acids is 1. The van der Waals surface area contributed by atoms with E-state index in [0.29, 0.717) is 0 Å². The Bertz CT molecular complexity index is 299. The maximum atomic E-state index is 11.1. The SMILES string of the molecule is CCCCCCCC/C=C\CCCCCCCC(=O)OP(O)O.[BaH2]. The van der Waals surface area contributed by atoms with Gasteiger partial charge in [0, 0.05) is 6.42 Å². The van der Waals surface area contributed by atoms with E-state index in [2.05, 4.69) is 23.6 Å². The third-order valence-corrected chi connectivity index (χ3v) is 4.19. The molecule has 140 valence electrons. The molecule has 0 fully saturated rings. The summed E-state index contributed by atoms with van der Waals surface area (Å²) >= 11 is 0. The summed E-state index contributed by atoms with van der Waals surface area (Å²) in [5.41, 5.74) is 0. The second-order valence-electron chi connectivity index (χ2n) is 6.05. The van der Waals surface area contributed by atoms with E-state index in [1.807, 2.05) is 0 Å². The van der Waals surface area contributed by atoms with Gasteiger partial charge in [-0.15, -0.1) is 0 Å². The van der Waals surface area contributed by atoms with E-state index in [4.69, 9.17) is 9.79 Å². The summed E-state index contributed by atoms with van der Waals surface area (Å²) in [6.45, 7) is 2.25. The minimum atomic E-state index is -2.54. The van der Waals surface area contributed by atoms with Crippen molar-refractivity contribution in [2.75, 3.05) is 0 Å². The van der Waals surface area contributed by atoms with Crippen LogP contribution in [-0.2, 0) is 9.32 Å². The second kappa shape index (κ2) is 22.2. The number of unbranched alkanes of at least 4 members (excludes halogenated alkanes) is 11. The Labute approximate surface area is 189 Å². The molecule has 0 heterocycles. The third-order valence-electron chi connectivity index (χ3n) is 3.83. The molecule has 0 aromatic carbocycles. The summed E-state index contributed by atoms with van der Waals surface area (Å²) in [5.74, 6) is -0.515. The Morgan fingerprint density at radius 2 is 1.29 bits per heavy atom. The third kappa shape index (κ3) is 23.1. The first kappa shape index (κ1) is 27.4. The minimum absolute atomic E-state index is 0. The predicted octanol–water partition coefficient (Wildman–Crippen LogP) is 4.86. The zero-order valence-corrected chi connectivity index (χ0v) is 15.6. The van der Waals surface area contributed by atoms with Crippen molar-refractivity contribution in [1.29, 1.82) is 0 Å². The first-order valence-electron chi connectivity index (χ1n) is 9.20. The fourth-order valence-electron chi connectivity index (χ4n) is 2.48. The molecule has 0 saturated heterocycles. The van der Waals surface area contributed by atoms with Crippen molar-refractivity contribution in [3.63, 3.8) is 0 Å². The van der Waals surface area contributed by atoms with Crippen LogP contribution in [0.1, 0.15) is 96.8 Å². The van der Waals surface area contributed by atoms with Crippen LogP contribution in [0.3, 0.4) is 0 Å². The standard InChI is InChI=1S/C18H35O4P.Ba.2H/c1-2-3-4-5-6-7-8-9-10-11-12-13-14-15-16-17-18(19)22-23(20)21;;;/h9-10,20-21H,2-8,11-17H2,1H3;;;/b10-9-;;;. The average Bonchev–Trinajstić information content (AvgIpc) is 2.50. The molecule has 6 heteroatoms. The molecule has 2 N–H and O–H groups in total. The molecule has 4 nitrogen and oxygen atoms in total. The van der Waals surface area contributed by atoms with E-state index >= 15 is 0 Å². The van der Waals surface area contributed by atoms with Crippen LogP contribution in [0.4, 0.5) is 0 Å². The van der Waals surface area contributed by atoms with E-state index in [1.165, 1.54) is 57.8 Å². The first-order chi connectivity index (χ1) is 11.2. The summed E-state index contributed by atoms with van der Waals surface area (Å²) in [4.78, 5) is 28.1. The predicted molar refractivity (Wildman–Crippen MR) is 105 cm³/mol. The molecular formula is C18H37BaO4P. The molecule has 0 saturated carbocycles. The first-order valence-corrected chi connectivity index (χ1v) is 10.4. The van der Waals surface area contributed by atoms with Crippen LogP contribution >= 0.6 is 8.60 Å². The molecule has 0 aliphatic heterocycles. The van der Waals surface area contributed by atoms with Crippen molar-refractivity contribution in [2.45, 2.75) is 96.8 Å². The van der Waals surface area contributed by atoms with Crippen LogP contribution in [0.5, 0.6) is 0 Å². The maximum absolute atomic E-state index is 11.1. The molecule has 0 bridgehead atoms. The van der Waals surface area contributed by atoms with Crippen LogP contribution in [0, 0.1) is 0 Å². The van der Waals surface area contributed by atoms with Crippen LogP contribution in [0.15, 0.2) is 12.2 Å². The molecule has 0 unspecified atom stereocenters. The van der Waals surface area contributed by atoms with E-state index in [-0.39, 0.29) is 55.3 Å². The number of hydrogen-bond acceptors (Lipinski definition) is 4. The molecule has 24 heavy (non-hydrogen) atoms. The van der Waals surface area contributed by atoms with Crippen molar-refractivity contribution < 1.29 is 19.1 Å².